The van der Waals surface area contributed by atoms with Gasteiger partial charge >= 0.3 is 0 Å². The first kappa shape index (κ1) is 16.6. The number of fused-ring (bicyclic) bond motifs is 2. The zero-order valence-corrected chi connectivity index (χ0v) is 13.8. The SMILES string of the molecule is CCNC(=NCC(=O)Nc1ccc(O)cc1)NC1CC2CCC1O2. The summed E-state index contributed by atoms with van der Waals surface area (Å²) in [5, 5.41) is 18.5. The number of hydrogen-bond donors (Lipinski definition) is 4. The molecule has 1 aromatic rings. The molecule has 2 bridgehead atoms. The van der Waals surface area contributed by atoms with Gasteiger partial charge in [-0.25, -0.2) is 4.99 Å². The fourth-order valence-corrected chi connectivity index (χ4v) is 3.18. The molecule has 7 heteroatoms. The van der Waals surface area contributed by atoms with E-state index < -0.39 is 0 Å². The lowest BCUT2D eigenvalue weighted by Crippen LogP contribution is -2.47. The molecule has 2 aliphatic rings. The smallest absolute Gasteiger partial charge is 0.246 e. The summed E-state index contributed by atoms with van der Waals surface area (Å²) in [6, 6.07) is 6.61. The Kier molecular flexibility index (Phi) is 5.20. The number of guanidine groups is 1. The lowest BCUT2D eigenvalue weighted by atomic mass is 9.96. The molecule has 0 radical (unpaired) electrons. The van der Waals surface area contributed by atoms with Crippen molar-refractivity contribution < 1.29 is 14.6 Å². The molecule has 0 aliphatic carbocycles. The molecule has 2 fully saturated rings. The third-order valence-electron chi connectivity index (χ3n) is 4.30. The molecule has 3 atom stereocenters. The van der Waals surface area contributed by atoms with Gasteiger partial charge in [0.15, 0.2) is 5.96 Å². The zero-order chi connectivity index (χ0) is 16.9. The number of rotatable bonds is 5. The summed E-state index contributed by atoms with van der Waals surface area (Å²) < 4.78 is 5.83. The van der Waals surface area contributed by atoms with Crippen molar-refractivity contribution in [3.8, 4) is 5.75 Å². The van der Waals surface area contributed by atoms with Crippen LogP contribution in [-0.4, -0.2) is 48.3 Å². The third-order valence-corrected chi connectivity index (χ3v) is 4.30. The van der Waals surface area contributed by atoms with Gasteiger partial charge in [0.25, 0.3) is 0 Å². The number of nitrogens with zero attached hydrogens (tertiary/aromatic N) is 1. The van der Waals surface area contributed by atoms with E-state index in [1.165, 1.54) is 12.1 Å². The first-order valence-corrected chi connectivity index (χ1v) is 8.43. The number of anilines is 1. The van der Waals surface area contributed by atoms with E-state index in [1.54, 1.807) is 12.1 Å². The van der Waals surface area contributed by atoms with E-state index in [4.69, 9.17) is 4.74 Å². The van der Waals surface area contributed by atoms with Crippen molar-refractivity contribution >= 4 is 17.6 Å². The van der Waals surface area contributed by atoms with Crippen LogP contribution in [0, 0.1) is 0 Å². The molecule has 0 aromatic heterocycles. The molecule has 3 rings (SSSR count). The minimum absolute atomic E-state index is 0.0257. The van der Waals surface area contributed by atoms with Crippen LogP contribution in [0.1, 0.15) is 26.2 Å². The average molecular weight is 332 g/mol. The van der Waals surface area contributed by atoms with Gasteiger partial charge in [-0.15, -0.1) is 0 Å². The van der Waals surface area contributed by atoms with E-state index in [2.05, 4.69) is 20.9 Å². The van der Waals surface area contributed by atoms with E-state index in [0.29, 0.717) is 17.8 Å². The highest BCUT2D eigenvalue weighted by atomic mass is 16.5. The van der Waals surface area contributed by atoms with Crippen LogP contribution < -0.4 is 16.0 Å². The number of carbonyl (C=O) groups is 1. The fourth-order valence-electron chi connectivity index (χ4n) is 3.18. The van der Waals surface area contributed by atoms with E-state index in [-0.39, 0.29) is 30.3 Å². The quantitative estimate of drug-likeness (QED) is 0.369. The van der Waals surface area contributed by atoms with Crippen LogP contribution in [0.25, 0.3) is 0 Å². The minimum Gasteiger partial charge on any atom is -0.508 e. The maximum atomic E-state index is 12.0. The van der Waals surface area contributed by atoms with E-state index in [9.17, 15) is 9.90 Å². The molecule has 3 unspecified atom stereocenters. The van der Waals surface area contributed by atoms with E-state index in [1.807, 2.05) is 6.92 Å². The Morgan fingerprint density at radius 3 is 2.75 bits per heavy atom. The fraction of sp³-hybridized carbons (Fsp3) is 0.529. The van der Waals surface area contributed by atoms with E-state index in [0.717, 1.165) is 25.8 Å². The van der Waals surface area contributed by atoms with Gasteiger partial charge in [-0.05, 0) is 50.5 Å². The summed E-state index contributed by atoms with van der Waals surface area (Å²) in [6.07, 6.45) is 3.85. The first-order chi connectivity index (χ1) is 11.6. The molecular formula is C17H24N4O3. The summed E-state index contributed by atoms with van der Waals surface area (Å²) in [5.41, 5.74) is 0.632. The zero-order valence-electron chi connectivity index (χ0n) is 13.8. The summed E-state index contributed by atoms with van der Waals surface area (Å²) >= 11 is 0. The number of amides is 1. The number of ether oxygens (including phenoxy) is 1. The van der Waals surface area contributed by atoms with Crippen LogP contribution in [0.2, 0.25) is 0 Å². The second-order valence-electron chi connectivity index (χ2n) is 6.15. The maximum absolute atomic E-state index is 12.0. The molecule has 2 heterocycles. The van der Waals surface area contributed by atoms with Gasteiger partial charge in [-0.3, -0.25) is 4.79 Å². The molecule has 2 aliphatic heterocycles. The predicted octanol–water partition coefficient (Wildman–Crippen LogP) is 1.21. The van der Waals surface area contributed by atoms with Crippen LogP contribution in [0.15, 0.2) is 29.3 Å². The van der Waals surface area contributed by atoms with Crippen molar-refractivity contribution in [3.63, 3.8) is 0 Å². The number of carbonyl (C=O) groups excluding carboxylic acids is 1. The Labute approximate surface area is 141 Å². The van der Waals surface area contributed by atoms with Crippen LogP contribution in [0.5, 0.6) is 5.75 Å². The highest BCUT2D eigenvalue weighted by Gasteiger charge is 2.41. The summed E-state index contributed by atoms with van der Waals surface area (Å²) in [5.74, 6) is 0.597. The molecule has 1 aromatic carbocycles. The number of nitrogens with one attached hydrogen (secondary N) is 3. The molecular weight excluding hydrogens is 308 g/mol. The molecule has 4 N–H and O–H groups in total. The van der Waals surface area contributed by atoms with Crippen molar-refractivity contribution in [2.75, 3.05) is 18.4 Å². The minimum atomic E-state index is -0.206. The second-order valence-corrected chi connectivity index (χ2v) is 6.15. The van der Waals surface area contributed by atoms with Crippen LogP contribution in [0.3, 0.4) is 0 Å². The Balaban J connectivity index is 1.53. The number of aliphatic imine (C=N–C) groups is 1. The first-order valence-electron chi connectivity index (χ1n) is 8.43. The van der Waals surface area contributed by atoms with Gasteiger partial charge in [0, 0.05) is 12.2 Å². The van der Waals surface area contributed by atoms with Crippen LogP contribution in [-0.2, 0) is 9.53 Å². The summed E-state index contributed by atoms with van der Waals surface area (Å²) in [4.78, 5) is 16.4. The van der Waals surface area contributed by atoms with Crippen molar-refractivity contribution in [2.45, 2.75) is 44.4 Å². The van der Waals surface area contributed by atoms with Crippen molar-refractivity contribution in [2.24, 2.45) is 4.99 Å². The molecule has 7 nitrogen and oxygen atoms in total. The number of aromatic hydroxyl groups is 1. The molecule has 2 saturated heterocycles. The van der Waals surface area contributed by atoms with Gasteiger partial charge in [0.1, 0.15) is 12.3 Å². The topological polar surface area (TPSA) is 95.0 Å². The lowest BCUT2D eigenvalue weighted by Gasteiger charge is -2.22. The van der Waals surface area contributed by atoms with Gasteiger partial charge < -0.3 is 25.8 Å². The van der Waals surface area contributed by atoms with Crippen molar-refractivity contribution in [1.82, 2.24) is 10.6 Å². The van der Waals surface area contributed by atoms with Gasteiger partial charge in [0.05, 0.1) is 18.2 Å². The van der Waals surface area contributed by atoms with Gasteiger partial charge in [0.2, 0.25) is 5.91 Å². The van der Waals surface area contributed by atoms with Crippen molar-refractivity contribution in [3.05, 3.63) is 24.3 Å². The normalized spacial score (nSPS) is 25.5. The standard InChI is InChI=1S/C17H24N4O3/c1-2-18-17(21-14-9-13-7-8-15(14)24-13)19-10-16(23)20-11-3-5-12(22)6-4-11/h3-6,13-15,22H,2,7-10H2,1H3,(H,20,23)(H2,18,19,21). The Morgan fingerprint density at radius 1 is 1.33 bits per heavy atom. The highest BCUT2D eigenvalue weighted by Crippen LogP contribution is 2.34. The Morgan fingerprint density at radius 2 is 2.12 bits per heavy atom. The number of phenols is 1. The molecule has 130 valence electrons. The molecule has 0 saturated carbocycles. The largest absolute Gasteiger partial charge is 0.508 e. The Bertz CT molecular complexity index is 602. The average Bonchev–Trinajstić information content (AvgIpc) is 3.18. The Hall–Kier alpha value is -2.28. The van der Waals surface area contributed by atoms with Gasteiger partial charge in [-0.1, -0.05) is 0 Å². The van der Waals surface area contributed by atoms with Crippen molar-refractivity contribution in [1.29, 1.82) is 0 Å². The third kappa shape index (κ3) is 4.17. The second kappa shape index (κ2) is 7.53. The van der Waals surface area contributed by atoms with Crippen LogP contribution >= 0.6 is 0 Å². The number of hydrogen-bond acceptors (Lipinski definition) is 4. The summed E-state index contributed by atoms with van der Waals surface area (Å²) in [6.45, 7) is 2.75. The molecule has 0 spiro atoms. The monoisotopic (exact) mass is 332 g/mol. The van der Waals surface area contributed by atoms with Gasteiger partial charge in [-0.2, -0.15) is 0 Å². The maximum Gasteiger partial charge on any atom is 0.246 e. The highest BCUT2D eigenvalue weighted by molar-refractivity contribution is 5.94. The number of phenolic OH excluding ortho intramolecular Hbond substituents is 1. The van der Waals surface area contributed by atoms with E-state index >= 15 is 0 Å². The molecule has 1 amide bonds. The molecule has 24 heavy (non-hydrogen) atoms. The lowest BCUT2D eigenvalue weighted by molar-refractivity contribution is -0.114. The number of benzene rings is 1. The predicted molar refractivity (Wildman–Crippen MR) is 92.2 cm³/mol. The summed E-state index contributed by atoms with van der Waals surface area (Å²) in [7, 11) is 0. The van der Waals surface area contributed by atoms with Crippen LogP contribution in [0.4, 0.5) is 5.69 Å².